The number of ether oxygens (including phenoxy) is 1. The third-order valence-corrected chi connectivity index (χ3v) is 8.27. The Morgan fingerprint density at radius 3 is 2.73 bits per heavy atom. The predicted molar refractivity (Wildman–Crippen MR) is 143 cm³/mol. The number of benzene rings is 1. The van der Waals surface area contributed by atoms with Gasteiger partial charge in [-0.15, -0.1) is 11.8 Å². The average molecular weight is 528 g/mol. The summed E-state index contributed by atoms with van der Waals surface area (Å²) in [5, 5.41) is 21.2. The topological polar surface area (TPSA) is 95.8 Å². The second-order valence-electron chi connectivity index (χ2n) is 9.67. The first-order chi connectivity index (χ1) is 17.9. The van der Waals surface area contributed by atoms with Crippen molar-refractivity contribution in [3.8, 4) is 5.75 Å². The van der Waals surface area contributed by atoms with Gasteiger partial charge in [0, 0.05) is 41.2 Å². The monoisotopic (exact) mass is 527 g/mol. The quantitative estimate of drug-likeness (QED) is 0.308. The number of carboxylic acid groups (broad SMARTS) is 1. The largest absolute Gasteiger partial charge is 0.497 e. The van der Waals surface area contributed by atoms with Gasteiger partial charge in [-0.25, -0.2) is 9.37 Å². The van der Waals surface area contributed by atoms with E-state index in [9.17, 15) is 15.0 Å². The molecule has 0 saturated carbocycles. The number of hydrogen-bond acceptors (Lipinski definition) is 7. The van der Waals surface area contributed by atoms with Gasteiger partial charge in [0.2, 0.25) is 0 Å². The molecule has 0 spiro atoms. The van der Waals surface area contributed by atoms with E-state index in [-0.39, 0.29) is 19.4 Å². The predicted octanol–water partition coefficient (Wildman–Crippen LogP) is 5.27. The van der Waals surface area contributed by atoms with E-state index in [4.69, 9.17) is 4.74 Å². The van der Waals surface area contributed by atoms with Gasteiger partial charge < -0.3 is 19.8 Å². The van der Waals surface area contributed by atoms with Gasteiger partial charge >= 0.3 is 5.97 Å². The van der Waals surface area contributed by atoms with Crippen LogP contribution in [0.3, 0.4) is 0 Å². The van der Waals surface area contributed by atoms with E-state index >= 15 is 4.39 Å². The van der Waals surface area contributed by atoms with Crippen LogP contribution in [0.15, 0.2) is 53.8 Å². The maximum atomic E-state index is 15.9. The number of rotatable bonds is 12. The molecule has 9 heteroatoms. The summed E-state index contributed by atoms with van der Waals surface area (Å²) < 4.78 is 21.2. The average Bonchev–Trinajstić information content (AvgIpc) is 2.92. The van der Waals surface area contributed by atoms with Crippen molar-refractivity contribution < 1.29 is 24.1 Å². The van der Waals surface area contributed by atoms with E-state index in [1.807, 2.05) is 18.2 Å². The number of piperidine rings is 1. The van der Waals surface area contributed by atoms with Gasteiger partial charge in [-0.2, -0.15) is 0 Å². The zero-order chi connectivity index (χ0) is 26.3. The number of alkyl halides is 1. The number of hydrogen-bond donors (Lipinski definition) is 2. The SMILES string of the molecule is COc1ccc2ncc(CO)c(C(F)CCC3(CC(=O)O)CCN(CCSc4ccccn4)CC3)c2c1. The maximum absolute atomic E-state index is 15.9. The summed E-state index contributed by atoms with van der Waals surface area (Å²) in [5.74, 6) is 0.663. The molecule has 0 amide bonds. The molecule has 3 heterocycles. The summed E-state index contributed by atoms with van der Waals surface area (Å²) in [7, 11) is 1.55. The second kappa shape index (κ2) is 12.7. The molecule has 1 aliphatic heterocycles. The van der Waals surface area contributed by atoms with Gasteiger partial charge in [0.05, 0.1) is 30.7 Å². The highest BCUT2D eigenvalue weighted by molar-refractivity contribution is 7.99. The van der Waals surface area contributed by atoms with E-state index in [0.717, 1.165) is 43.3 Å². The van der Waals surface area contributed by atoms with Crippen molar-refractivity contribution in [3.63, 3.8) is 0 Å². The van der Waals surface area contributed by atoms with E-state index in [1.54, 1.807) is 43.3 Å². The molecule has 1 saturated heterocycles. The second-order valence-corrected chi connectivity index (χ2v) is 10.8. The fourth-order valence-electron chi connectivity index (χ4n) is 5.23. The van der Waals surface area contributed by atoms with Crippen LogP contribution in [0, 0.1) is 5.41 Å². The van der Waals surface area contributed by atoms with Crippen LogP contribution < -0.4 is 4.74 Å². The third kappa shape index (κ3) is 6.97. The van der Waals surface area contributed by atoms with Gasteiger partial charge in [0.15, 0.2) is 0 Å². The number of nitrogens with zero attached hydrogens (tertiary/aromatic N) is 3. The summed E-state index contributed by atoms with van der Waals surface area (Å²) in [6.07, 6.45) is 4.09. The van der Waals surface area contributed by atoms with Crippen LogP contribution in [0.4, 0.5) is 4.39 Å². The van der Waals surface area contributed by atoms with Gasteiger partial charge in [-0.1, -0.05) is 6.07 Å². The van der Waals surface area contributed by atoms with Gasteiger partial charge in [0.25, 0.3) is 0 Å². The van der Waals surface area contributed by atoms with Crippen LogP contribution >= 0.6 is 11.8 Å². The Bertz CT molecular complexity index is 1180. The molecule has 1 fully saturated rings. The number of halogens is 1. The lowest BCUT2D eigenvalue weighted by Gasteiger charge is -2.41. The highest BCUT2D eigenvalue weighted by Gasteiger charge is 2.37. The van der Waals surface area contributed by atoms with Gasteiger partial charge in [0.1, 0.15) is 11.9 Å². The first-order valence-corrected chi connectivity index (χ1v) is 13.6. The molecular weight excluding hydrogens is 493 g/mol. The summed E-state index contributed by atoms with van der Waals surface area (Å²) in [6, 6.07) is 11.2. The smallest absolute Gasteiger partial charge is 0.303 e. The molecule has 3 aromatic rings. The van der Waals surface area contributed by atoms with Crippen molar-refractivity contribution in [1.29, 1.82) is 0 Å². The van der Waals surface area contributed by atoms with E-state index in [1.165, 1.54) is 6.20 Å². The summed E-state index contributed by atoms with van der Waals surface area (Å²) >= 11 is 1.71. The summed E-state index contributed by atoms with van der Waals surface area (Å²) in [5.41, 5.74) is 1.05. The van der Waals surface area contributed by atoms with Crippen LogP contribution in [0.25, 0.3) is 10.9 Å². The van der Waals surface area contributed by atoms with Crippen molar-refractivity contribution in [2.45, 2.75) is 49.9 Å². The zero-order valence-corrected chi connectivity index (χ0v) is 21.9. The molecule has 1 atom stereocenters. The number of aliphatic hydroxyl groups excluding tert-OH is 1. The number of fused-ring (bicyclic) bond motifs is 1. The minimum Gasteiger partial charge on any atom is -0.497 e. The Hall–Kier alpha value is -2.75. The highest BCUT2D eigenvalue weighted by atomic mass is 32.2. The molecule has 7 nitrogen and oxygen atoms in total. The fraction of sp³-hybridized carbons (Fsp3) is 0.464. The van der Waals surface area contributed by atoms with Gasteiger partial charge in [-0.3, -0.25) is 9.78 Å². The van der Waals surface area contributed by atoms with Crippen LogP contribution in [0.2, 0.25) is 0 Å². The number of carboxylic acids is 1. The maximum Gasteiger partial charge on any atom is 0.303 e. The third-order valence-electron chi connectivity index (χ3n) is 7.35. The Kier molecular flexibility index (Phi) is 9.34. The van der Waals surface area contributed by atoms with Crippen molar-refractivity contribution in [1.82, 2.24) is 14.9 Å². The fourth-order valence-corrected chi connectivity index (χ4v) is 6.10. The molecule has 0 bridgehead atoms. The number of likely N-dealkylation sites (tertiary alicyclic amines) is 1. The zero-order valence-electron chi connectivity index (χ0n) is 21.1. The van der Waals surface area contributed by atoms with Crippen LogP contribution in [-0.2, 0) is 11.4 Å². The highest BCUT2D eigenvalue weighted by Crippen LogP contribution is 2.43. The molecule has 2 aromatic heterocycles. The number of aromatic nitrogens is 2. The van der Waals surface area contributed by atoms with Crippen molar-refractivity contribution in [3.05, 3.63) is 59.9 Å². The number of pyridine rings is 2. The summed E-state index contributed by atoms with van der Waals surface area (Å²) in [4.78, 5) is 22.8. The van der Waals surface area contributed by atoms with Crippen LogP contribution in [0.5, 0.6) is 5.75 Å². The van der Waals surface area contributed by atoms with E-state index in [0.29, 0.717) is 34.2 Å². The van der Waals surface area contributed by atoms with Crippen LogP contribution in [0.1, 0.15) is 49.4 Å². The number of aliphatic hydroxyl groups is 1. The molecule has 1 aromatic carbocycles. The Morgan fingerprint density at radius 2 is 2.05 bits per heavy atom. The summed E-state index contributed by atoms with van der Waals surface area (Å²) in [6.45, 7) is 2.18. The van der Waals surface area contributed by atoms with E-state index in [2.05, 4.69) is 14.9 Å². The Balaban J connectivity index is 1.42. The van der Waals surface area contributed by atoms with Crippen LogP contribution in [-0.4, -0.2) is 63.5 Å². The standard InChI is InChI=1S/C28H34FN3O4S/c1-36-21-5-6-24-22(16-21)27(20(19-33)18-31-24)23(29)7-8-28(17-26(34)35)9-12-32(13-10-28)14-15-37-25-4-2-3-11-30-25/h2-6,11,16,18,23,33H,7-10,12-15,17,19H2,1H3,(H,34,35). The van der Waals surface area contributed by atoms with Gasteiger partial charge in [-0.05, 0) is 74.5 Å². The normalized spacial score (nSPS) is 16.5. The number of methoxy groups -OCH3 is 1. The van der Waals surface area contributed by atoms with E-state index < -0.39 is 17.6 Å². The molecular formula is C28H34FN3O4S. The Morgan fingerprint density at radius 1 is 1.24 bits per heavy atom. The molecule has 4 rings (SSSR count). The molecule has 198 valence electrons. The number of carbonyl (C=O) groups is 1. The first-order valence-electron chi connectivity index (χ1n) is 12.6. The molecule has 1 unspecified atom stereocenters. The minimum absolute atomic E-state index is 0.0357. The lowest BCUT2D eigenvalue weighted by molar-refractivity contribution is -0.141. The molecule has 0 radical (unpaired) electrons. The first kappa shape index (κ1) is 27.3. The van der Waals surface area contributed by atoms with Crippen molar-refractivity contribution in [2.75, 3.05) is 32.5 Å². The lowest BCUT2D eigenvalue weighted by atomic mass is 9.71. The van der Waals surface area contributed by atoms with Crippen molar-refractivity contribution >= 4 is 28.6 Å². The molecule has 37 heavy (non-hydrogen) atoms. The minimum atomic E-state index is -1.35. The molecule has 1 aliphatic rings. The molecule has 2 N–H and O–H groups in total. The molecule has 0 aliphatic carbocycles. The number of aliphatic carboxylic acids is 1. The van der Waals surface area contributed by atoms with Crippen molar-refractivity contribution in [2.24, 2.45) is 5.41 Å². The number of thioether (sulfide) groups is 1. The lowest BCUT2D eigenvalue weighted by Crippen LogP contribution is -2.42. The Labute approximate surface area is 221 Å².